The van der Waals surface area contributed by atoms with Crippen LogP contribution in [0.4, 0.5) is 4.39 Å². The molecule has 1 aromatic carbocycles. The SMILES string of the molecule is CCN(CCOC)Cc1ccc(C#CCO)cc1F. The van der Waals surface area contributed by atoms with Crippen molar-refractivity contribution in [2.45, 2.75) is 13.5 Å². The van der Waals surface area contributed by atoms with Crippen molar-refractivity contribution >= 4 is 0 Å². The van der Waals surface area contributed by atoms with Gasteiger partial charge in [0.25, 0.3) is 0 Å². The molecule has 0 spiro atoms. The van der Waals surface area contributed by atoms with E-state index < -0.39 is 0 Å². The van der Waals surface area contributed by atoms with Crippen LogP contribution in [0.15, 0.2) is 18.2 Å². The van der Waals surface area contributed by atoms with E-state index in [9.17, 15) is 4.39 Å². The van der Waals surface area contributed by atoms with Crippen LogP contribution < -0.4 is 0 Å². The van der Waals surface area contributed by atoms with Crippen LogP contribution in [0.3, 0.4) is 0 Å². The fourth-order valence-electron chi connectivity index (χ4n) is 1.71. The third-order valence-electron chi connectivity index (χ3n) is 2.82. The van der Waals surface area contributed by atoms with Crippen LogP contribution in [0.25, 0.3) is 0 Å². The Morgan fingerprint density at radius 2 is 2.21 bits per heavy atom. The quantitative estimate of drug-likeness (QED) is 0.794. The van der Waals surface area contributed by atoms with Crippen molar-refractivity contribution in [2.24, 2.45) is 0 Å². The van der Waals surface area contributed by atoms with E-state index in [2.05, 4.69) is 16.7 Å². The average molecular weight is 265 g/mol. The van der Waals surface area contributed by atoms with E-state index in [1.165, 1.54) is 6.07 Å². The first-order chi connectivity index (χ1) is 9.21. The lowest BCUT2D eigenvalue weighted by molar-refractivity contribution is 0.147. The van der Waals surface area contributed by atoms with Crippen LogP contribution in [0.5, 0.6) is 0 Å². The smallest absolute Gasteiger partial charge is 0.128 e. The van der Waals surface area contributed by atoms with Crippen molar-refractivity contribution < 1.29 is 14.2 Å². The Kier molecular flexibility index (Phi) is 7.12. The van der Waals surface area contributed by atoms with Gasteiger partial charge in [0.15, 0.2) is 0 Å². The topological polar surface area (TPSA) is 32.7 Å². The standard InChI is InChI=1S/C15H20FNO2/c1-3-17(8-10-19-2)12-14-7-6-13(5-4-9-18)11-15(14)16/h6-7,11,18H,3,8-10,12H2,1-2H3. The molecule has 0 aromatic heterocycles. The van der Waals surface area contributed by atoms with Gasteiger partial charge in [0.05, 0.1) is 6.61 Å². The molecule has 0 radical (unpaired) electrons. The molecule has 0 amide bonds. The lowest BCUT2D eigenvalue weighted by Gasteiger charge is -2.20. The predicted octanol–water partition coefficient (Wildman–Crippen LogP) is 1.64. The van der Waals surface area contributed by atoms with E-state index >= 15 is 0 Å². The largest absolute Gasteiger partial charge is 0.384 e. The minimum Gasteiger partial charge on any atom is -0.384 e. The first-order valence-corrected chi connectivity index (χ1v) is 6.30. The fourth-order valence-corrected chi connectivity index (χ4v) is 1.71. The van der Waals surface area contributed by atoms with Gasteiger partial charge in [0.2, 0.25) is 0 Å². The van der Waals surface area contributed by atoms with E-state index in [1.807, 2.05) is 6.92 Å². The number of halogens is 1. The van der Waals surface area contributed by atoms with E-state index in [1.54, 1.807) is 19.2 Å². The summed E-state index contributed by atoms with van der Waals surface area (Å²) >= 11 is 0. The number of likely N-dealkylation sites (N-methyl/N-ethyl adjacent to an activating group) is 1. The van der Waals surface area contributed by atoms with Gasteiger partial charge in [0, 0.05) is 31.3 Å². The summed E-state index contributed by atoms with van der Waals surface area (Å²) in [6.45, 7) is 4.63. The molecule has 0 atom stereocenters. The monoisotopic (exact) mass is 265 g/mol. The first-order valence-electron chi connectivity index (χ1n) is 6.30. The molecule has 0 saturated carbocycles. The zero-order valence-electron chi connectivity index (χ0n) is 11.4. The molecule has 3 nitrogen and oxygen atoms in total. The molecule has 104 valence electrons. The van der Waals surface area contributed by atoms with Crippen LogP contribution in [0, 0.1) is 17.7 Å². The summed E-state index contributed by atoms with van der Waals surface area (Å²) in [5, 5.41) is 8.60. The summed E-state index contributed by atoms with van der Waals surface area (Å²) in [5.41, 5.74) is 1.22. The summed E-state index contributed by atoms with van der Waals surface area (Å²) < 4.78 is 18.9. The van der Waals surface area contributed by atoms with Crippen molar-refractivity contribution in [1.82, 2.24) is 4.90 Å². The van der Waals surface area contributed by atoms with Crippen LogP contribution in [-0.2, 0) is 11.3 Å². The number of benzene rings is 1. The van der Waals surface area contributed by atoms with Gasteiger partial charge in [-0.05, 0) is 18.7 Å². The molecule has 0 aliphatic carbocycles. The molecule has 0 saturated heterocycles. The zero-order chi connectivity index (χ0) is 14.1. The van der Waals surface area contributed by atoms with E-state index in [0.29, 0.717) is 24.3 Å². The van der Waals surface area contributed by atoms with Crippen LogP contribution in [-0.4, -0.2) is 43.4 Å². The molecule has 1 aromatic rings. The van der Waals surface area contributed by atoms with Gasteiger partial charge in [-0.3, -0.25) is 4.90 Å². The van der Waals surface area contributed by atoms with E-state index in [4.69, 9.17) is 9.84 Å². The number of ether oxygens (including phenoxy) is 1. The Balaban J connectivity index is 2.73. The zero-order valence-corrected chi connectivity index (χ0v) is 11.4. The van der Waals surface area contributed by atoms with Crippen molar-refractivity contribution in [2.75, 3.05) is 33.4 Å². The second-order valence-corrected chi connectivity index (χ2v) is 4.13. The van der Waals surface area contributed by atoms with Gasteiger partial charge in [-0.15, -0.1) is 0 Å². The maximum Gasteiger partial charge on any atom is 0.128 e. The fraction of sp³-hybridized carbons (Fsp3) is 0.467. The van der Waals surface area contributed by atoms with Crippen molar-refractivity contribution in [3.05, 3.63) is 35.1 Å². The maximum absolute atomic E-state index is 13.9. The van der Waals surface area contributed by atoms with E-state index in [-0.39, 0.29) is 12.4 Å². The molecule has 19 heavy (non-hydrogen) atoms. The number of hydrogen-bond donors (Lipinski definition) is 1. The molecule has 0 heterocycles. The van der Waals surface area contributed by atoms with Crippen molar-refractivity contribution in [3.63, 3.8) is 0 Å². The number of aliphatic hydroxyl groups excluding tert-OH is 1. The molecule has 1 N–H and O–H groups in total. The number of hydrogen-bond acceptors (Lipinski definition) is 3. The average Bonchev–Trinajstić information content (AvgIpc) is 2.43. The van der Waals surface area contributed by atoms with Gasteiger partial charge in [0.1, 0.15) is 12.4 Å². The Labute approximate surface area is 114 Å². The Hall–Kier alpha value is -1.41. The molecule has 0 aliphatic rings. The van der Waals surface area contributed by atoms with Crippen LogP contribution in [0.1, 0.15) is 18.1 Å². The van der Waals surface area contributed by atoms with E-state index in [0.717, 1.165) is 13.1 Å². The minimum atomic E-state index is -0.263. The van der Waals surface area contributed by atoms with Gasteiger partial charge in [-0.25, -0.2) is 4.39 Å². The predicted molar refractivity (Wildman–Crippen MR) is 73.2 cm³/mol. The van der Waals surface area contributed by atoms with Crippen molar-refractivity contribution in [3.8, 4) is 11.8 Å². The summed E-state index contributed by atoms with van der Waals surface area (Å²) in [6.07, 6.45) is 0. The van der Waals surface area contributed by atoms with Crippen molar-refractivity contribution in [1.29, 1.82) is 0 Å². The minimum absolute atomic E-state index is 0.218. The third kappa shape index (κ3) is 5.39. The Morgan fingerprint density at radius 3 is 2.79 bits per heavy atom. The molecule has 4 heteroatoms. The van der Waals surface area contributed by atoms with Gasteiger partial charge >= 0.3 is 0 Å². The highest BCUT2D eigenvalue weighted by atomic mass is 19.1. The molecule has 1 rings (SSSR count). The van der Waals surface area contributed by atoms with Crippen LogP contribution >= 0.6 is 0 Å². The van der Waals surface area contributed by atoms with Gasteiger partial charge < -0.3 is 9.84 Å². The summed E-state index contributed by atoms with van der Waals surface area (Å²) in [5.74, 6) is 4.93. The number of aliphatic hydroxyl groups is 1. The highest BCUT2D eigenvalue weighted by Crippen LogP contribution is 2.12. The summed E-state index contributed by atoms with van der Waals surface area (Å²) in [7, 11) is 1.66. The highest BCUT2D eigenvalue weighted by Gasteiger charge is 2.08. The lowest BCUT2D eigenvalue weighted by Crippen LogP contribution is -2.27. The molecule has 0 fully saturated rings. The number of rotatable bonds is 6. The molecule has 0 unspecified atom stereocenters. The van der Waals surface area contributed by atoms with Gasteiger partial charge in [-0.1, -0.05) is 24.8 Å². The number of nitrogens with zero attached hydrogens (tertiary/aromatic N) is 1. The molecule has 0 aliphatic heterocycles. The molecular weight excluding hydrogens is 245 g/mol. The highest BCUT2D eigenvalue weighted by molar-refractivity contribution is 5.37. The summed E-state index contributed by atoms with van der Waals surface area (Å²) in [4.78, 5) is 2.11. The molecule has 0 bridgehead atoms. The molecular formula is C15H20FNO2. The normalized spacial score (nSPS) is 10.4. The Bertz CT molecular complexity index is 451. The van der Waals surface area contributed by atoms with Crippen LogP contribution in [0.2, 0.25) is 0 Å². The second-order valence-electron chi connectivity index (χ2n) is 4.13. The van der Waals surface area contributed by atoms with Gasteiger partial charge in [-0.2, -0.15) is 0 Å². The Morgan fingerprint density at radius 1 is 1.42 bits per heavy atom. The third-order valence-corrected chi connectivity index (χ3v) is 2.82. The maximum atomic E-state index is 13.9. The second kappa shape index (κ2) is 8.65. The lowest BCUT2D eigenvalue weighted by atomic mass is 10.1. The first kappa shape index (κ1) is 15.6. The number of methoxy groups -OCH3 is 1. The summed E-state index contributed by atoms with van der Waals surface area (Å²) in [6, 6.07) is 4.92.